The van der Waals surface area contributed by atoms with E-state index in [0.717, 1.165) is 16.6 Å². The van der Waals surface area contributed by atoms with Crippen molar-refractivity contribution in [3.05, 3.63) is 59.0 Å². The quantitative estimate of drug-likeness (QED) is 0.741. The second-order valence-electron chi connectivity index (χ2n) is 4.63. The highest BCUT2D eigenvalue weighted by Gasteiger charge is 2.10. The summed E-state index contributed by atoms with van der Waals surface area (Å²) >= 11 is 1.67. The van der Waals surface area contributed by atoms with Crippen LogP contribution in [0.15, 0.2) is 47.8 Å². The fourth-order valence-corrected chi connectivity index (χ4v) is 2.92. The summed E-state index contributed by atoms with van der Waals surface area (Å²) in [6.07, 6.45) is 0. The first-order valence-electron chi connectivity index (χ1n) is 6.22. The lowest BCUT2D eigenvalue weighted by Crippen LogP contribution is -2.13. The van der Waals surface area contributed by atoms with E-state index < -0.39 is 0 Å². The number of nitrogens with one attached hydrogen (secondary N) is 1. The van der Waals surface area contributed by atoms with E-state index in [4.69, 9.17) is 0 Å². The number of rotatable bonds is 2. The zero-order valence-corrected chi connectivity index (χ0v) is 11.7. The molecular weight excluding hydrogens is 270 g/mol. The number of fused-ring (bicyclic) bond motifs is 1. The first kappa shape index (κ1) is 12.7. The zero-order valence-electron chi connectivity index (χ0n) is 10.9. The van der Waals surface area contributed by atoms with Crippen molar-refractivity contribution in [2.45, 2.75) is 6.92 Å². The fourth-order valence-electron chi connectivity index (χ4n) is 2.15. The summed E-state index contributed by atoms with van der Waals surface area (Å²) < 4.78 is 1.20. The van der Waals surface area contributed by atoms with Crippen molar-refractivity contribution >= 4 is 33.0 Å². The summed E-state index contributed by atoms with van der Waals surface area (Å²) in [6.45, 7) is 1.80. The molecule has 0 saturated heterocycles. The Kier molecular flexibility index (Phi) is 3.16. The smallest absolute Gasteiger partial charge is 0.255 e. The van der Waals surface area contributed by atoms with Gasteiger partial charge < -0.3 is 10.4 Å². The summed E-state index contributed by atoms with van der Waals surface area (Å²) in [5.74, 6) is -0.00387. The lowest BCUT2D eigenvalue weighted by Gasteiger charge is -2.08. The number of anilines is 1. The molecular formula is C16H13NO2S. The lowest BCUT2D eigenvalue weighted by atomic mass is 10.1. The number of hydrogen-bond acceptors (Lipinski definition) is 3. The van der Waals surface area contributed by atoms with Gasteiger partial charge in [-0.25, -0.2) is 0 Å². The van der Waals surface area contributed by atoms with E-state index in [9.17, 15) is 9.90 Å². The Hall–Kier alpha value is -2.33. The molecule has 0 aliphatic carbocycles. The van der Waals surface area contributed by atoms with Crippen LogP contribution >= 0.6 is 11.3 Å². The Balaban J connectivity index is 1.87. The molecule has 0 spiro atoms. The normalized spacial score (nSPS) is 10.7. The van der Waals surface area contributed by atoms with Gasteiger partial charge in [-0.05, 0) is 65.7 Å². The number of carbonyl (C=O) groups is 1. The van der Waals surface area contributed by atoms with Crippen molar-refractivity contribution in [1.29, 1.82) is 0 Å². The molecule has 1 heterocycles. The largest absolute Gasteiger partial charge is 0.508 e. The van der Waals surface area contributed by atoms with Crippen LogP contribution in [0.25, 0.3) is 10.1 Å². The van der Waals surface area contributed by atoms with Crippen LogP contribution in [0.3, 0.4) is 0 Å². The molecule has 3 aromatic rings. The molecule has 3 nitrogen and oxygen atoms in total. The molecule has 0 atom stereocenters. The van der Waals surface area contributed by atoms with Crippen molar-refractivity contribution in [3.63, 3.8) is 0 Å². The van der Waals surface area contributed by atoms with Gasteiger partial charge in [0, 0.05) is 16.0 Å². The van der Waals surface area contributed by atoms with Crippen molar-refractivity contribution < 1.29 is 9.90 Å². The van der Waals surface area contributed by atoms with Crippen molar-refractivity contribution in [2.75, 3.05) is 5.32 Å². The molecule has 0 aliphatic rings. The number of hydrogen-bond donors (Lipinski definition) is 2. The summed E-state index contributed by atoms with van der Waals surface area (Å²) in [7, 11) is 0. The van der Waals surface area contributed by atoms with Crippen molar-refractivity contribution in [2.24, 2.45) is 0 Å². The molecule has 0 unspecified atom stereocenters. The molecule has 3 rings (SSSR count). The predicted molar refractivity (Wildman–Crippen MR) is 82.6 cm³/mol. The number of phenolic OH excluding ortho intramolecular Hbond substituents is 1. The Morgan fingerprint density at radius 3 is 2.80 bits per heavy atom. The second kappa shape index (κ2) is 4.98. The molecule has 4 heteroatoms. The zero-order chi connectivity index (χ0) is 14.1. The maximum atomic E-state index is 12.2. The highest BCUT2D eigenvalue weighted by atomic mass is 32.1. The number of aromatic hydroxyl groups is 1. The lowest BCUT2D eigenvalue weighted by molar-refractivity contribution is 0.102. The van der Waals surface area contributed by atoms with E-state index in [1.54, 1.807) is 30.4 Å². The molecule has 2 aromatic carbocycles. The molecule has 0 fully saturated rings. The Morgan fingerprint density at radius 1 is 1.15 bits per heavy atom. The third-order valence-corrected chi connectivity index (χ3v) is 4.06. The summed E-state index contributed by atoms with van der Waals surface area (Å²) in [5, 5.41) is 15.4. The summed E-state index contributed by atoms with van der Waals surface area (Å²) in [4.78, 5) is 12.2. The minimum absolute atomic E-state index is 0.166. The predicted octanol–water partition coefficient (Wildman–Crippen LogP) is 4.17. The van der Waals surface area contributed by atoms with Crippen LogP contribution in [0.1, 0.15) is 15.9 Å². The Labute approximate surface area is 120 Å². The molecule has 100 valence electrons. The number of benzene rings is 2. The summed E-state index contributed by atoms with van der Waals surface area (Å²) in [5.41, 5.74) is 2.08. The van der Waals surface area contributed by atoms with E-state index in [-0.39, 0.29) is 11.7 Å². The van der Waals surface area contributed by atoms with Gasteiger partial charge in [0.25, 0.3) is 5.91 Å². The standard InChI is InChI=1S/C16H13NO2S/c1-10-8-13(18)3-4-14(10)16(19)17-12-2-5-15-11(9-12)6-7-20-15/h2-9,18H,1H3,(H,17,19). The molecule has 0 bridgehead atoms. The third kappa shape index (κ3) is 2.38. The SMILES string of the molecule is Cc1cc(O)ccc1C(=O)Nc1ccc2sccc2c1. The third-order valence-electron chi connectivity index (χ3n) is 3.16. The minimum atomic E-state index is -0.169. The van der Waals surface area contributed by atoms with E-state index in [1.165, 1.54) is 10.8 Å². The van der Waals surface area contributed by atoms with Gasteiger partial charge in [0.2, 0.25) is 0 Å². The number of aryl methyl sites for hydroxylation is 1. The van der Waals surface area contributed by atoms with Crippen molar-refractivity contribution in [1.82, 2.24) is 0 Å². The average Bonchev–Trinajstić information content (AvgIpc) is 2.85. The first-order valence-corrected chi connectivity index (χ1v) is 7.10. The fraction of sp³-hybridized carbons (Fsp3) is 0.0625. The molecule has 20 heavy (non-hydrogen) atoms. The molecule has 2 N–H and O–H groups in total. The Morgan fingerprint density at radius 2 is 2.00 bits per heavy atom. The first-order chi connectivity index (χ1) is 9.63. The Bertz CT molecular complexity index is 792. The van der Waals surface area contributed by atoms with Gasteiger partial charge in [0.15, 0.2) is 0 Å². The number of phenols is 1. The number of thiophene rings is 1. The summed E-state index contributed by atoms with van der Waals surface area (Å²) in [6, 6.07) is 12.6. The van der Waals surface area contributed by atoms with E-state index in [0.29, 0.717) is 5.56 Å². The maximum absolute atomic E-state index is 12.2. The monoisotopic (exact) mass is 283 g/mol. The van der Waals surface area contributed by atoms with E-state index in [1.807, 2.05) is 29.6 Å². The topological polar surface area (TPSA) is 49.3 Å². The maximum Gasteiger partial charge on any atom is 0.255 e. The van der Waals surface area contributed by atoms with Gasteiger partial charge in [-0.2, -0.15) is 0 Å². The van der Waals surface area contributed by atoms with Gasteiger partial charge in [-0.15, -0.1) is 11.3 Å². The van der Waals surface area contributed by atoms with Crippen molar-refractivity contribution in [3.8, 4) is 5.75 Å². The van der Waals surface area contributed by atoms with Gasteiger partial charge in [-0.3, -0.25) is 4.79 Å². The second-order valence-corrected chi connectivity index (χ2v) is 5.57. The van der Waals surface area contributed by atoms with Crippen LogP contribution in [-0.4, -0.2) is 11.0 Å². The van der Waals surface area contributed by atoms with Gasteiger partial charge in [-0.1, -0.05) is 0 Å². The molecule has 0 saturated carbocycles. The van der Waals surface area contributed by atoms with E-state index >= 15 is 0 Å². The highest BCUT2D eigenvalue weighted by molar-refractivity contribution is 7.17. The van der Waals surface area contributed by atoms with Crippen LogP contribution in [0, 0.1) is 6.92 Å². The number of amides is 1. The number of carbonyl (C=O) groups excluding carboxylic acids is 1. The van der Waals surface area contributed by atoms with Crippen LogP contribution in [0.5, 0.6) is 5.75 Å². The molecule has 0 radical (unpaired) electrons. The highest BCUT2D eigenvalue weighted by Crippen LogP contribution is 2.24. The van der Waals surface area contributed by atoms with Crippen LogP contribution in [0.4, 0.5) is 5.69 Å². The minimum Gasteiger partial charge on any atom is -0.508 e. The van der Waals surface area contributed by atoms with Crippen LogP contribution < -0.4 is 5.32 Å². The molecule has 1 amide bonds. The average molecular weight is 283 g/mol. The van der Waals surface area contributed by atoms with Crippen LogP contribution in [-0.2, 0) is 0 Å². The van der Waals surface area contributed by atoms with Gasteiger partial charge >= 0.3 is 0 Å². The molecule has 1 aromatic heterocycles. The van der Waals surface area contributed by atoms with Gasteiger partial charge in [0.05, 0.1) is 0 Å². The van der Waals surface area contributed by atoms with Gasteiger partial charge in [0.1, 0.15) is 5.75 Å². The van der Waals surface area contributed by atoms with Crippen LogP contribution in [0.2, 0.25) is 0 Å². The molecule has 0 aliphatic heterocycles. The van der Waals surface area contributed by atoms with E-state index in [2.05, 4.69) is 5.32 Å².